The molecule has 158 valence electrons. The predicted molar refractivity (Wildman–Crippen MR) is 118 cm³/mol. The second-order valence-electron chi connectivity index (χ2n) is 7.24. The molecule has 3 aromatic rings. The van der Waals surface area contributed by atoms with E-state index >= 15 is 0 Å². The summed E-state index contributed by atoms with van der Waals surface area (Å²) in [5.41, 5.74) is 1.81. The fourth-order valence-electron chi connectivity index (χ4n) is 3.56. The molecule has 4 rings (SSSR count). The molecule has 0 unspecified atom stereocenters. The van der Waals surface area contributed by atoms with Gasteiger partial charge in [-0.25, -0.2) is 14.6 Å². The third-order valence-corrected chi connectivity index (χ3v) is 5.69. The van der Waals surface area contributed by atoms with Crippen LogP contribution in [0, 0.1) is 6.92 Å². The maximum atomic E-state index is 12.1. The van der Waals surface area contributed by atoms with E-state index in [1.54, 1.807) is 0 Å². The van der Waals surface area contributed by atoms with Gasteiger partial charge in [0.15, 0.2) is 17.4 Å². The van der Waals surface area contributed by atoms with E-state index in [0.717, 1.165) is 46.4 Å². The summed E-state index contributed by atoms with van der Waals surface area (Å²) in [5.74, 6) is 1.53. The molecule has 1 aliphatic rings. The van der Waals surface area contributed by atoms with Crippen molar-refractivity contribution in [2.75, 3.05) is 37.4 Å². The van der Waals surface area contributed by atoms with Crippen LogP contribution in [-0.2, 0) is 11.3 Å². The van der Waals surface area contributed by atoms with Gasteiger partial charge in [0.05, 0.1) is 18.1 Å². The van der Waals surface area contributed by atoms with E-state index in [0.29, 0.717) is 13.1 Å². The van der Waals surface area contributed by atoms with Gasteiger partial charge < -0.3 is 15.0 Å². The Hall–Kier alpha value is -2.81. The first-order valence-corrected chi connectivity index (χ1v) is 11.4. The minimum atomic E-state index is -0.160. The Balaban J connectivity index is 1.38. The van der Waals surface area contributed by atoms with Crippen LogP contribution in [0.15, 0.2) is 35.6 Å². The van der Waals surface area contributed by atoms with Crippen molar-refractivity contribution in [3.63, 3.8) is 0 Å². The molecule has 0 saturated carbocycles. The van der Waals surface area contributed by atoms with Crippen LogP contribution in [0.3, 0.4) is 0 Å². The van der Waals surface area contributed by atoms with Crippen molar-refractivity contribution in [1.82, 2.24) is 25.1 Å². The SMILES string of the molecule is CSc1nc(N2CCCC2)c2cnn(CCNC(=O)COc3ccccc3C)c2n1. The number of ether oxygens (including phenoxy) is 1. The van der Waals surface area contributed by atoms with Gasteiger partial charge in [-0.2, -0.15) is 5.10 Å². The van der Waals surface area contributed by atoms with Gasteiger partial charge in [0.2, 0.25) is 0 Å². The zero-order chi connectivity index (χ0) is 20.9. The molecule has 1 fully saturated rings. The molecule has 30 heavy (non-hydrogen) atoms. The highest BCUT2D eigenvalue weighted by atomic mass is 32.2. The number of amides is 1. The third-order valence-electron chi connectivity index (χ3n) is 5.14. The van der Waals surface area contributed by atoms with Crippen LogP contribution in [0.5, 0.6) is 5.75 Å². The van der Waals surface area contributed by atoms with Crippen LogP contribution in [0.4, 0.5) is 5.82 Å². The van der Waals surface area contributed by atoms with Crippen LogP contribution in [0.2, 0.25) is 0 Å². The largest absolute Gasteiger partial charge is 0.484 e. The van der Waals surface area contributed by atoms with Crippen molar-refractivity contribution in [1.29, 1.82) is 0 Å². The Morgan fingerprint density at radius 3 is 2.80 bits per heavy atom. The number of aryl methyl sites for hydroxylation is 1. The number of rotatable bonds is 8. The Morgan fingerprint density at radius 1 is 1.23 bits per heavy atom. The second-order valence-corrected chi connectivity index (χ2v) is 8.01. The summed E-state index contributed by atoms with van der Waals surface area (Å²) in [6, 6.07) is 7.65. The minimum absolute atomic E-state index is 0.0113. The highest BCUT2D eigenvalue weighted by molar-refractivity contribution is 7.98. The molecule has 0 aliphatic carbocycles. The number of nitrogens with one attached hydrogen (secondary N) is 1. The van der Waals surface area contributed by atoms with Crippen molar-refractivity contribution in [3.05, 3.63) is 36.0 Å². The van der Waals surface area contributed by atoms with Crippen molar-refractivity contribution in [2.45, 2.75) is 31.5 Å². The lowest BCUT2D eigenvalue weighted by molar-refractivity contribution is -0.123. The van der Waals surface area contributed by atoms with E-state index in [2.05, 4.69) is 20.3 Å². The molecule has 0 radical (unpaired) electrons. The smallest absolute Gasteiger partial charge is 0.258 e. The maximum absolute atomic E-state index is 12.1. The highest BCUT2D eigenvalue weighted by Crippen LogP contribution is 2.28. The third kappa shape index (κ3) is 4.51. The molecule has 1 amide bonds. The number of carbonyl (C=O) groups is 1. The van der Waals surface area contributed by atoms with Crippen LogP contribution < -0.4 is 15.0 Å². The first kappa shape index (κ1) is 20.5. The van der Waals surface area contributed by atoms with E-state index < -0.39 is 0 Å². The number of fused-ring (bicyclic) bond motifs is 1. The molecule has 1 aliphatic heterocycles. The Morgan fingerprint density at radius 2 is 2.03 bits per heavy atom. The lowest BCUT2D eigenvalue weighted by Crippen LogP contribution is -2.31. The second kappa shape index (κ2) is 9.34. The molecule has 1 aromatic carbocycles. The number of hydrogen-bond acceptors (Lipinski definition) is 7. The van der Waals surface area contributed by atoms with Gasteiger partial charge in [0, 0.05) is 19.6 Å². The fraction of sp³-hybridized carbons (Fsp3) is 0.429. The van der Waals surface area contributed by atoms with E-state index in [1.807, 2.05) is 48.3 Å². The Labute approximate surface area is 180 Å². The molecule has 1 saturated heterocycles. The monoisotopic (exact) mass is 426 g/mol. The molecule has 0 atom stereocenters. The average molecular weight is 427 g/mol. The average Bonchev–Trinajstić information content (AvgIpc) is 3.43. The van der Waals surface area contributed by atoms with Gasteiger partial charge in [-0.15, -0.1) is 0 Å². The van der Waals surface area contributed by atoms with Gasteiger partial charge in [-0.05, 0) is 37.7 Å². The number of hydrogen-bond donors (Lipinski definition) is 1. The van der Waals surface area contributed by atoms with Crippen LogP contribution >= 0.6 is 11.8 Å². The summed E-state index contributed by atoms with van der Waals surface area (Å²) in [5, 5.41) is 9.09. The van der Waals surface area contributed by atoms with E-state index in [1.165, 1.54) is 24.6 Å². The standard InChI is InChI=1S/C21H26N6O2S/c1-15-7-3-4-8-17(15)29-14-18(28)22-9-12-27-20-16(13-23-27)19(24-21(25-20)30-2)26-10-5-6-11-26/h3-4,7-8,13H,5-6,9-12,14H2,1-2H3,(H,22,28). The van der Waals surface area contributed by atoms with Crippen molar-refractivity contribution < 1.29 is 9.53 Å². The minimum Gasteiger partial charge on any atom is -0.484 e. The number of thioether (sulfide) groups is 1. The number of para-hydroxylation sites is 1. The normalized spacial score (nSPS) is 13.7. The van der Waals surface area contributed by atoms with Gasteiger partial charge >= 0.3 is 0 Å². The Kier molecular flexibility index (Phi) is 6.37. The summed E-state index contributed by atoms with van der Waals surface area (Å²) in [7, 11) is 0. The van der Waals surface area contributed by atoms with Crippen molar-refractivity contribution in [2.24, 2.45) is 0 Å². The first-order valence-electron chi connectivity index (χ1n) is 10.1. The summed E-state index contributed by atoms with van der Waals surface area (Å²) in [6.45, 7) is 4.96. The van der Waals surface area contributed by atoms with E-state index in [-0.39, 0.29) is 12.5 Å². The summed E-state index contributed by atoms with van der Waals surface area (Å²) in [4.78, 5) is 23.8. The molecule has 8 nitrogen and oxygen atoms in total. The number of carbonyl (C=O) groups excluding carboxylic acids is 1. The van der Waals surface area contributed by atoms with Crippen LogP contribution in [0.25, 0.3) is 11.0 Å². The van der Waals surface area contributed by atoms with Gasteiger partial charge in [0.25, 0.3) is 5.91 Å². The molecule has 3 heterocycles. The van der Waals surface area contributed by atoms with Gasteiger partial charge in [-0.3, -0.25) is 4.79 Å². The molecule has 2 aromatic heterocycles. The highest BCUT2D eigenvalue weighted by Gasteiger charge is 2.20. The van der Waals surface area contributed by atoms with Crippen LogP contribution in [0.1, 0.15) is 18.4 Å². The summed E-state index contributed by atoms with van der Waals surface area (Å²) in [6.07, 6.45) is 6.18. The summed E-state index contributed by atoms with van der Waals surface area (Å²) >= 11 is 1.53. The van der Waals surface area contributed by atoms with Crippen LogP contribution in [-0.4, -0.2) is 58.2 Å². The number of benzene rings is 1. The van der Waals surface area contributed by atoms with Gasteiger partial charge in [0.1, 0.15) is 11.6 Å². The summed E-state index contributed by atoms with van der Waals surface area (Å²) < 4.78 is 7.43. The quantitative estimate of drug-likeness (QED) is 0.438. The molecule has 1 N–H and O–H groups in total. The number of nitrogens with zero attached hydrogens (tertiary/aromatic N) is 5. The fourth-order valence-corrected chi connectivity index (χ4v) is 3.92. The zero-order valence-electron chi connectivity index (χ0n) is 17.3. The van der Waals surface area contributed by atoms with Gasteiger partial charge in [-0.1, -0.05) is 30.0 Å². The zero-order valence-corrected chi connectivity index (χ0v) is 18.1. The Bertz CT molecular complexity index is 1030. The van der Waals surface area contributed by atoms with Crippen molar-refractivity contribution >= 4 is 34.5 Å². The molecule has 9 heteroatoms. The lowest BCUT2D eigenvalue weighted by Gasteiger charge is -2.17. The van der Waals surface area contributed by atoms with E-state index in [4.69, 9.17) is 9.72 Å². The lowest BCUT2D eigenvalue weighted by atomic mass is 10.2. The van der Waals surface area contributed by atoms with E-state index in [9.17, 15) is 4.79 Å². The molecule has 0 bridgehead atoms. The topological polar surface area (TPSA) is 85.2 Å². The van der Waals surface area contributed by atoms with Crippen molar-refractivity contribution in [3.8, 4) is 5.75 Å². The molecule has 0 spiro atoms. The predicted octanol–water partition coefficient (Wildman–Crippen LogP) is 2.65. The number of anilines is 1. The molecular formula is C21H26N6O2S. The maximum Gasteiger partial charge on any atom is 0.258 e. The first-order chi connectivity index (χ1) is 14.7. The number of aromatic nitrogens is 4. The molecular weight excluding hydrogens is 400 g/mol.